The number of nitrogens with one attached hydrogen (secondary N) is 1. The Bertz CT molecular complexity index is 1210. The fraction of sp³-hybridized carbons (Fsp3) is 0.148. The number of ketones is 1. The summed E-state index contributed by atoms with van der Waals surface area (Å²) in [6, 6.07) is 27.1. The van der Waals surface area contributed by atoms with Gasteiger partial charge in [0.25, 0.3) is 0 Å². The average Bonchev–Trinajstić information content (AvgIpc) is 3.13. The third-order valence-corrected chi connectivity index (χ3v) is 5.81. The van der Waals surface area contributed by atoms with Gasteiger partial charge in [0, 0.05) is 5.69 Å². The Hall–Kier alpha value is -4.19. The lowest BCUT2D eigenvalue weighted by Crippen LogP contribution is -2.56. The number of rotatable bonds is 6. The Morgan fingerprint density at radius 2 is 1.33 bits per heavy atom. The molecule has 0 amide bonds. The van der Waals surface area contributed by atoms with E-state index in [1.54, 1.807) is 36.4 Å². The summed E-state index contributed by atoms with van der Waals surface area (Å²) in [6.45, 7) is 0. The molecule has 4 rings (SSSR count). The first-order valence-electron chi connectivity index (χ1n) is 10.4. The molecular weight excluding hydrogens is 418 g/mol. The van der Waals surface area contributed by atoms with Gasteiger partial charge in [-0.3, -0.25) is 4.79 Å². The first-order valence-corrected chi connectivity index (χ1v) is 10.4. The lowest BCUT2D eigenvalue weighted by Gasteiger charge is -2.35. The molecular formula is C27H23NO5. The van der Waals surface area contributed by atoms with Gasteiger partial charge in [0.05, 0.1) is 20.1 Å². The van der Waals surface area contributed by atoms with Gasteiger partial charge < -0.3 is 14.8 Å². The molecule has 0 spiro atoms. The molecule has 166 valence electrons. The van der Waals surface area contributed by atoms with Crippen molar-refractivity contribution in [1.29, 1.82) is 0 Å². The number of benzene rings is 3. The zero-order chi connectivity index (χ0) is 23.4. The van der Waals surface area contributed by atoms with E-state index in [-0.39, 0.29) is 5.57 Å². The summed E-state index contributed by atoms with van der Waals surface area (Å²) in [5, 5.41) is 3.14. The number of hydrogen-bond acceptors (Lipinski definition) is 6. The van der Waals surface area contributed by atoms with E-state index in [1.165, 1.54) is 14.2 Å². The van der Waals surface area contributed by atoms with Crippen molar-refractivity contribution in [2.75, 3.05) is 19.5 Å². The number of ether oxygens (including phenoxy) is 2. The van der Waals surface area contributed by atoms with Gasteiger partial charge in [0.2, 0.25) is 11.3 Å². The van der Waals surface area contributed by atoms with E-state index in [9.17, 15) is 14.4 Å². The van der Waals surface area contributed by atoms with Crippen molar-refractivity contribution in [3.63, 3.8) is 0 Å². The second-order valence-electron chi connectivity index (χ2n) is 7.61. The third kappa shape index (κ3) is 3.69. The highest BCUT2D eigenvalue weighted by Crippen LogP contribution is 2.51. The number of carbonyl (C=O) groups is 3. The van der Waals surface area contributed by atoms with E-state index in [4.69, 9.17) is 9.47 Å². The maximum atomic E-state index is 14.1. The van der Waals surface area contributed by atoms with Crippen LogP contribution in [0.25, 0.3) is 5.57 Å². The van der Waals surface area contributed by atoms with Crippen LogP contribution in [0.15, 0.2) is 96.6 Å². The standard InChI is InChI=1S/C27H23NO5/c1-32-25(30)22-21(18-12-6-3-7-13-18)23(19-14-8-4-9-15-19)27(24(22)29,26(31)33-2)28-20-16-10-5-11-17-20/h3-17,23,28H,1-2H3/t23-,27+/m1/s1. The fourth-order valence-electron chi connectivity index (χ4n) is 4.41. The van der Waals surface area contributed by atoms with Crippen LogP contribution in [0.1, 0.15) is 17.0 Å². The molecule has 0 aliphatic heterocycles. The summed E-state index contributed by atoms with van der Waals surface area (Å²) in [5.74, 6) is -3.15. The molecule has 0 saturated heterocycles. The Labute approximate surface area is 191 Å². The molecule has 2 atom stereocenters. The molecule has 6 nitrogen and oxygen atoms in total. The molecule has 3 aromatic carbocycles. The Morgan fingerprint density at radius 1 is 0.788 bits per heavy atom. The van der Waals surface area contributed by atoms with E-state index in [1.807, 2.05) is 54.6 Å². The molecule has 1 N–H and O–H groups in total. The van der Waals surface area contributed by atoms with Crippen molar-refractivity contribution < 1.29 is 23.9 Å². The van der Waals surface area contributed by atoms with Crippen molar-refractivity contribution >= 4 is 29.0 Å². The molecule has 0 bridgehead atoms. The highest BCUT2D eigenvalue weighted by molar-refractivity contribution is 6.37. The van der Waals surface area contributed by atoms with E-state index in [0.717, 1.165) is 0 Å². The predicted molar refractivity (Wildman–Crippen MR) is 124 cm³/mol. The molecule has 6 heteroatoms. The highest BCUT2D eigenvalue weighted by Gasteiger charge is 2.63. The van der Waals surface area contributed by atoms with Gasteiger partial charge in [0.15, 0.2) is 0 Å². The lowest BCUT2D eigenvalue weighted by molar-refractivity contribution is -0.149. The van der Waals surface area contributed by atoms with Crippen LogP contribution in [-0.2, 0) is 23.9 Å². The maximum Gasteiger partial charge on any atom is 0.341 e. The topological polar surface area (TPSA) is 81.7 Å². The molecule has 33 heavy (non-hydrogen) atoms. The zero-order valence-electron chi connectivity index (χ0n) is 18.3. The number of carbonyl (C=O) groups excluding carboxylic acids is 3. The minimum Gasteiger partial charge on any atom is -0.467 e. The summed E-state index contributed by atoms with van der Waals surface area (Å²) < 4.78 is 10.2. The predicted octanol–water partition coefficient (Wildman–Crippen LogP) is 4.00. The first-order chi connectivity index (χ1) is 16.0. The summed E-state index contributed by atoms with van der Waals surface area (Å²) in [5.41, 5.74) is 0.180. The van der Waals surface area contributed by atoms with Gasteiger partial charge in [-0.25, -0.2) is 9.59 Å². The number of para-hydroxylation sites is 1. The lowest BCUT2D eigenvalue weighted by atomic mass is 9.76. The van der Waals surface area contributed by atoms with E-state index in [0.29, 0.717) is 22.4 Å². The van der Waals surface area contributed by atoms with Crippen molar-refractivity contribution in [2.24, 2.45) is 0 Å². The van der Waals surface area contributed by atoms with Crippen molar-refractivity contribution in [1.82, 2.24) is 0 Å². The molecule has 1 aliphatic rings. The Kier molecular flexibility index (Phi) is 6.09. The van der Waals surface area contributed by atoms with Gasteiger partial charge in [-0.1, -0.05) is 78.9 Å². The van der Waals surface area contributed by atoms with E-state index < -0.39 is 29.2 Å². The molecule has 0 radical (unpaired) electrons. The summed E-state index contributed by atoms with van der Waals surface area (Å²) >= 11 is 0. The molecule has 0 unspecified atom stereocenters. The van der Waals surface area contributed by atoms with Crippen molar-refractivity contribution in [3.05, 3.63) is 108 Å². The maximum absolute atomic E-state index is 14.1. The SMILES string of the molecule is COC(=O)C1=C(c2ccccc2)[C@@H](c2ccccc2)[C@@](Nc2ccccc2)(C(=O)OC)C1=O. The quantitative estimate of drug-likeness (QED) is 0.354. The second kappa shape index (κ2) is 9.12. The van der Waals surface area contributed by atoms with Crippen LogP contribution in [0.2, 0.25) is 0 Å². The van der Waals surface area contributed by atoms with Gasteiger partial charge in [0.1, 0.15) is 5.57 Å². The third-order valence-electron chi connectivity index (χ3n) is 5.81. The molecule has 0 aromatic heterocycles. The number of hydrogen-bond donors (Lipinski definition) is 1. The smallest absolute Gasteiger partial charge is 0.341 e. The van der Waals surface area contributed by atoms with Crippen LogP contribution in [-0.4, -0.2) is 37.5 Å². The van der Waals surface area contributed by atoms with Gasteiger partial charge in [-0.2, -0.15) is 0 Å². The van der Waals surface area contributed by atoms with E-state index >= 15 is 0 Å². The highest BCUT2D eigenvalue weighted by atomic mass is 16.5. The average molecular weight is 441 g/mol. The summed E-state index contributed by atoms with van der Waals surface area (Å²) in [7, 11) is 2.44. The fourth-order valence-corrected chi connectivity index (χ4v) is 4.41. The van der Waals surface area contributed by atoms with Gasteiger partial charge >= 0.3 is 11.9 Å². The van der Waals surface area contributed by atoms with E-state index in [2.05, 4.69) is 5.32 Å². The zero-order valence-corrected chi connectivity index (χ0v) is 18.3. The normalized spacial score (nSPS) is 19.8. The van der Waals surface area contributed by atoms with Crippen molar-refractivity contribution in [2.45, 2.75) is 11.5 Å². The molecule has 1 aliphatic carbocycles. The Morgan fingerprint density at radius 3 is 1.88 bits per heavy atom. The van der Waals surface area contributed by atoms with Crippen LogP contribution in [0.5, 0.6) is 0 Å². The molecule has 0 saturated carbocycles. The number of anilines is 1. The Balaban J connectivity index is 2.06. The molecule has 0 heterocycles. The number of Topliss-reactive ketones (excluding diaryl/α,β-unsaturated/α-hetero) is 1. The summed E-state index contributed by atoms with van der Waals surface area (Å²) in [4.78, 5) is 40.5. The molecule has 0 fully saturated rings. The van der Waals surface area contributed by atoms with Crippen LogP contribution in [0, 0.1) is 0 Å². The monoisotopic (exact) mass is 441 g/mol. The van der Waals surface area contributed by atoms with Gasteiger partial charge in [-0.05, 0) is 28.8 Å². The minimum atomic E-state index is -1.91. The van der Waals surface area contributed by atoms with Crippen LogP contribution in [0.3, 0.4) is 0 Å². The van der Waals surface area contributed by atoms with Crippen LogP contribution in [0.4, 0.5) is 5.69 Å². The van der Waals surface area contributed by atoms with Crippen LogP contribution >= 0.6 is 0 Å². The number of methoxy groups -OCH3 is 2. The van der Waals surface area contributed by atoms with Gasteiger partial charge in [-0.15, -0.1) is 0 Å². The first kappa shape index (κ1) is 22.0. The number of esters is 2. The largest absolute Gasteiger partial charge is 0.467 e. The minimum absolute atomic E-state index is 0.175. The van der Waals surface area contributed by atoms with Crippen LogP contribution < -0.4 is 5.32 Å². The van der Waals surface area contributed by atoms with Crippen molar-refractivity contribution in [3.8, 4) is 0 Å². The summed E-state index contributed by atoms with van der Waals surface area (Å²) in [6.07, 6.45) is 0. The molecule has 3 aromatic rings. The second-order valence-corrected chi connectivity index (χ2v) is 7.61.